The lowest BCUT2D eigenvalue weighted by Gasteiger charge is -2.23. The number of benzene rings is 2. The molecule has 3 aromatic rings. The average Bonchev–Trinajstić information content (AvgIpc) is 3.53. The van der Waals surface area contributed by atoms with Crippen molar-refractivity contribution in [2.24, 2.45) is 0 Å². The number of pyridine rings is 1. The van der Waals surface area contributed by atoms with Crippen molar-refractivity contribution in [1.29, 1.82) is 0 Å². The van der Waals surface area contributed by atoms with Crippen molar-refractivity contribution in [1.82, 2.24) is 9.88 Å². The first-order valence-electron chi connectivity index (χ1n) is 9.49. The Morgan fingerprint density at radius 3 is 2.64 bits per heavy atom. The average molecular weight is 373 g/mol. The Labute approximate surface area is 165 Å². The normalized spacial score (nSPS) is 13.0. The minimum absolute atomic E-state index is 0.111. The van der Waals surface area contributed by atoms with Crippen molar-refractivity contribution in [3.8, 4) is 11.5 Å². The van der Waals surface area contributed by atoms with Crippen LogP contribution in [0.4, 0.5) is 10.5 Å². The molecule has 1 saturated carbocycles. The van der Waals surface area contributed by atoms with Crippen LogP contribution in [0.25, 0.3) is 0 Å². The molecule has 1 aliphatic carbocycles. The monoisotopic (exact) mass is 373 g/mol. The predicted molar refractivity (Wildman–Crippen MR) is 110 cm³/mol. The smallest absolute Gasteiger partial charge is 0.322 e. The number of aromatic nitrogens is 1. The Morgan fingerprint density at radius 2 is 1.89 bits per heavy atom. The summed E-state index contributed by atoms with van der Waals surface area (Å²) in [4.78, 5) is 18.9. The van der Waals surface area contributed by atoms with Gasteiger partial charge in [0.1, 0.15) is 5.75 Å². The van der Waals surface area contributed by atoms with Gasteiger partial charge in [0, 0.05) is 25.0 Å². The number of ether oxygens (including phenoxy) is 1. The van der Waals surface area contributed by atoms with Crippen molar-refractivity contribution < 1.29 is 9.53 Å². The standard InChI is InChI=1S/C23H23N3O2/c1-17-5-4-6-20(15-17)28-22-8-3-2-7-21(22)25-23(27)26(19-9-10-19)16-18-11-13-24-14-12-18/h2-8,11-15,19H,9-10,16H2,1H3,(H,25,27). The maximum atomic E-state index is 13.0. The fraction of sp³-hybridized carbons (Fsp3) is 0.217. The number of nitrogens with one attached hydrogen (secondary N) is 1. The summed E-state index contributed by atoms with van der Waals surface area (Å²) < 4.78 is 6.02. The van der Waals surface area contributed by atoms with Gasteiger partial charge >= 0.3 is 6.03 Å². The number of urea groups is 1. The molecule has 142 valence electrons. The van der Waals surface area contributed by atoms with Crippen LogP contribution in [0.15, 0.2) is 73.1 Å². The summed E-state index contributed by atoms with van der Waals surface area (Å²) in [5.74, 6) is 1.37. The van der Waals surface area contributed by atoms with Crippen LogP contribution in [0.5, 0.6) is 11.5 Å². The van der Waals surface area contributed by atoms with Crippen LogP contribution in [-0.4, -0.2) is 22.0 Å². The maximum Gasteiger partial charge on any atom is 0.322 e. The van der Waals surface area contributed by atoms with E-state index in [0.717, 1.165) is 29.7 Å². The molecule has 1 aromatic heterocycles. The number of para-hydroxylation sites is 2. The predicted octanol–water partition coefficient (Wildman–Crippen LogP) is 5.38. The second-order valence-electron chi connectivity index (χ2n) is 7.06. The summed E-state index contributed by atoms with van der Waals surface area (Å²) in [7, 11) is 0. The maximum absolute atomic E-state index is 13.0. The van der Waals surface area contributed by atoms with E-state index in [1.165, 1.54) is 0 Å². The first-order chi connectivity index (χ1) is 13.7. The minimum Gasteiger partial charge on any atom is -0.455 e. The second-order valence-corrected chi connectivity index (χ2v) is 7.06. The fourth-order valence-corrected chi connectivity index (χ4v) is 3.09. The molecule has 5 nitrogen and oxygen atoms in total. The highest BCUT2D eigenvalue weighted by molar-refractivity contribution is 5.91. The highest BCUT2D eigenvalue weighted by Gasteiger charge is 2.33. The SMILES string of the molecule is Cc1cccc(Oc2ccccc2NC(=O)N(Cc2ccncc2)C2CC2)c1. The van der Waals surface area contributed by atoms with E-state index in [2.05, 4.69) is 10.3 Å². The largest absolute Gasteiger partial charge is 0.455 e. The van der Waals surface area contributed by atoms with Crippen LogP contribution in [0.2, 0.25) is 0 Å². The van der Waals surface area contributed by atoms with Crippen molar-refractivity contribution >= 4 is 11.7 Å². The van der Waals surface area contributed by atoms with Crippen molar-refractivity contribution in [3.63, 3.8) is 0 Å². The molecule has 2 amide bonds. The number of aryl methyl sites for hydroxylation is 1. The van der Waals surface area contributed by atoms with E-state index in [1.807, 2.05) is 72.5 Å². The Balaban J connectivity index is 1.50. The molecule has 5 heteroatoms. The van der Waals surface area contributed by atoms with Gasteiger partial charge in [0.15, 0.2) is 5.75 Å². The first-order valence-corrected chi connectivity index (χ1v) is 9.49. The first kappa shape index (κ1) is 18.0. The lowest BCUT2D eigenvalue weighted by Crippen LogP contribution is -2.36. The van der Waals surface area contributed by atoms with Gasteiger partial charge < -0.3 is 15.0 Å². The number of hydrogen-bond donors (Lipinski definition) is 1. The molecule has 0 saturated heterocycles. The van der Waals surface area contributed by atoms with Gasteiger partial charge in [-0.05, 0) is 67.3 Å². The fourth-order valence-electron chi connectivity index (χ4n) is 3.09. The van der Waals surface area contributed by atoms with E-state index in [4.69, 9.17) is 4.74 Å². The molecule has 0 spiro atoms. The third-order valence-corrected chi connectivity index (χ3v) is 4.70. The van der Waals surface area contributed by atoms with Crippen LogP contribution in [-0.2, 0) is 6.54 Å². The van der Waals surface area contributed by atoms with Crippen LogP contribution in [0.1, 0.15) is 24.0 Å². The zero-order valence-electron chi connectivity index (χ0n) is 15.8. The molecule has 1 heterocycles. The molecule has 0 bridgehead atoms. The number of carbonyl (C=O) groups excluding carboxylic acids is 1. The van der Waals surface area contributed by atoms with Gasteiger partial charge in [0.2, 0.25) is 0 Å². The Kier molecular flexibility index (Phi) is 5.24. The van der Waals surface area contributed by atoms with Gasteiger partial charge in [-0.3, -0.25) is 4.98 Å². The van der Waals surface area contributed by atoms with Crippen molar-refractivity contribution in [2.75, 3.05) is 5.32 Å². The van der Waals surface area contributed by atoms with E-state index in [0.29, 0.717) is 18.0 Å². The third-order valence-electron chi connectivity index (χ3n) is 4.70. The number of hydrogen-bond acceptors (Lipinski definition) is 3. The number of nitrogens with zero attached hydrogens (tertiary/aromatic N) is 2. The molecule has 1 N–H and O–H groups in total. The lowest BCUT2D eigenvalue weighted by atomic mass is 10.2. The molecule has 0 radical (unpaired) electrons. The van der Waals surface area contributed by atoms with Gasteiger partial charge in [-0.1, -0.05) is 24.3 Å². The molecule has 0 unspecified atom stereocenters. The number of anilines is 1. The summed E-state index contributed by atoms with van der Waals surface area (Å²) in [5, 5.41) is 3.03. The molecule has 0 aliphatic heterocycles. The number of rotatable bonds is 6. The third kappa shape index (κ3) is 4.49. The summed E-state index contributed by atoms with van der Waals surface area (Å²) in [6.45, 7) is 2.59. The summed E-state index contributed by atoms with van der Waals surface area (Å²) >= 11 is 0. The molecular formula is C23H23N3O2. The lowest BCUT2D eigenvalue weighted by molar-refractivity contribution is 0.206. The Bertz CT molecular complexity index is 955. The van der Waals surface area contributed by atoms with Gasteiger partial charge in [-0.2, -0.15) is 0 Å². The Morgan fingerprint density at radius 1 is 1.11 bits per heavy atom. The second kappa shape index (κ2) is 8.13. The topological polar surface area (TPSA) is 54.5 Å². The van der Waals surface area contributed by atoms with Crippen LogP contribution in [0, 0.1) is 6.92 Å². The molecule has 2 aromatic carbocycles. The Hall–Kier alpha value is -3.34. The van der Waals surface area contributed by atoms with Gasteiger partial charge in [-0.15, -0.1) is 0 Å². The summed E-state index contributed by atoms with van der Waals surface area (Å²) in [6.07, 6.45) is 5.59. The molecule has 1 fully saturated rings. The van der Waals surface area contributed by atoms with Gasteiger partial charge in [-0.25, -0.2) is 4.79 Å². The number of carbonyl (C=O) groups is 1. The number of amides is 2. The van der Waals surface area contributed by atoms with Crippen LogP contribution < -0.4 is 10.1 Å². The van der Waals surface area contributed by atoms with Crippen molar-refractivity contribution in [3.05, 3.63) is 84.2 Å². The minimum atomic E-state index is -0.111. The zero-order valence-corrected chi connectivity index (χ0v) is 15.8. The van der Waals surface area contributed by atoms with E-state index in [9.17, 15) is 4.79 Å². The zero-order chi connectivity index (χ0) is 19.3. The molecule has 1 aliphatic rings. The van der Waals surface area contributed by atoms with E-state index < -0.39 is 0 Å². The van der Waals surface area contributed by atoms with Crippen LogP contribution in [0.3, 0.4) is 0 Å². The molecule has 0 atom stereocenters. The molecule has 28 heavy (non-hydrogen) atoms. The quantitative estimate of drug-likeness (QED) is 0.631. The van der Waals surface area contributed by atoms with Crippen molar-refractivity contribution in [2.45, 2.75) is 32.4 Å². The molecule has 4 rings (SSSR count). The van der Waals surface area contributed by atoms with E-state index >= 15 is 0 Å². The summed E-state index contributed by atoms with van der Waals surface area (Å²) in [5.41, 5.74) is 2.85. The highest BCUT2D eigenvalue weighted by Crippen LogP contribution is 2.32. The van der Waals surface area contributed by atoms with Crippen LogP contribution >= 0.6 is 0 Å². The summed E-state index contributed by atoms with van der Waals surface area (Å²) in [6, 6.07) is 19.4. The van der Waals surface area contributed by atoms with E-state index in [1.54, 1.807) is 12.4 Å². The highest BCUT2D eigenvalue weighted by atomic mass is 16.5. The van der Waals surface area contributed by atoms with Gasteiger partial charge in [0.05, 0.1) is 5.69 Å². The molecular weight excluding hydrogens is 350 g/mol. The van der Waals surface area contributed by atoms with Gasteiger partial charge in [0.25, 0.3) is 0 Å². The van der Waals surface area contributed by atoms with E-state index in [-0.39, 0.29) is 12.1 Å².